The van der Waals surface area contributed by atoms with Gasteiger partial charge in [-0.1, -0.05) is 0 Å². The number of methoxy groups -OCH3 is 1. The molecule has 2 N–H and O–H groups in total. The van der Waals surface area contributed by atoms with Gasteiger partial charge in [-0.3, -0.25) is 9.59 Å². The molecule has 0 bridgehead atoms. The molecule has 5 heteroatoms. The van der Waals surface area contributed by atoms with Crippen LogP contribution in [0.15, 0.2) is 48.5 Å². The van der Waals surface area contributed by atoms with Crippen LogP contribution in [-0.4, -0.2) is 30.9 Å². The average molecular weight is 367 g/mol. The lowest BCUT2D eigenvalue weighted by molar-refractivity contribution is -0.938. The van der Waals surface area contributed by atoms with Crippen LogP contribution >= 0.6 is 0 Å². The Morgan fingerprint density at radius 3 is 2.26 bits per heavy atom. The van der Waals surface area contributed by atoms with Gasteiger partial charge in [-0.05, 0) is 62.4 Å². The van der Waals surface area contributed by atoms with E-state index in [9.17, 15) is 9.59 Å². The number of nitrogens with one attached hydrogen (secondary N) is 2. The van der Waals surface area contributed by atoms with Crippen molar-refractivity contribution in [3.8, 4) is 5.75 Å². The molecule has 1 unspecified atom stereocenters. The Morgan fingerprint density at radius 1 is 1.11 bits per heavy atom. The van der Waals surface area contributed by atoms with Crippen molar-refractivity contribution in [2.45, 2.75) is 45.3 Å². The lowest BCUT2D eigenvalue weighted by Crippen LogP contribution is -3.16. The van der Waals surface area contributed by atoms with Crippen LogP contribution in [0.3, 0.4) is 0 Å². The minimum Gasteiger partial charge on any atom is -0.497 e. The largest absolute Gasteiger partial charge is 0.497 e. The zero-order chi connectivity index (χ0) is 19.4. The second-order valence-corrected chi connectivity index (χ2v) is 7.22. The molecule has 142 valence electrons. The maximum Gasteiger partial charge on any atom is 0.282 e. The van der Waals surface area contributed by atoms with Crippen LogP contribution in [0.2, 0.25) is 0 Å². The number of hydrogen-bond donors (Lipinski definition) is 2. The molecule has 0 radical (unpaired) electrons. The van der Waals surface area contributed by atoms with Gasteiger partial charge in [0.05, 0.1) is 13.2 Å². The first kappa shape index (κ1) is 19.1. The molecule has 1 amide bonds. The van der Waals surface area contributed by atoms with Crippen molar-refractivity contribution >= 4 is 17.4 Å². The maximum absolute atomic E-state index is 12.8. The monoisotopic (exact) mass is 367 g/mol. The molecule has 1 aliphatic rings. The Bertz CT molecular complexity index is 795. The molecule has 0 heterocycles. The van der Waals surface area contributed by atoms with Gasteiger partial charge in [0.1, 0.15) is 12.3 Å². The lowest BCUT2D eigenvalue weighted by atomic mass is 10.1. The number of amides is 1. The van der Waals surface area contributed by atoms with Crippen molar-refractivity contribution in [1.82, 2.24) is 0 Å². The zero-order valence-electron chi connectivity index (χ0n) is 16.1. The average Bonchev–Trinajstić information content (AvgIpc) is 3.51. The van der Waals surface area contributed by atoms with E-state index in [1.54, 1.807) is 31.4 Å². The van der Waals surface area contributed by atoms with Gasteiger partial charge in [-0.25, -0.2) is 0 Å². The van der Waals surface area contributed by atoms with Gasteiger partial charge >= 0.3 is 0 Å². The highest BCUT2D eigenvalue weighted by atomic mass is 16.5. The number of anilines is 1. The van der Waals surface area contributed by atoms with Crippen LogP contribution in [-0.2, 0) is 11.3 Å². The fourth-order valence-corrected chi connectivity index (χ4v) is 3.29. The van der Waals surface area contributed by atoms with Crippen LogP contribution in [0.5, 0.6) is 5.75 Å². The summed E-state index contributed by atoms with van der Waals surface area (Å²) in [6, 6.07) is 15.5. The Kier molecular flexibility index (Phi) is 5.91. The summed E-state index contributed by atoms with van der Waals surface area (Å²) < 4.78 is 5.22. The Hall–Kier alpha value is -2.66. The van der Waals surface area contributed by atoms with E-state index in [0.717, 1.165) is 30.8 Å². The first-order valence-electron chi connectivity index (χ1n) is 9.38. The number of benzene rings is 2. The highest BCUT2D eigenvalue weighted by molar-refractivity contribution is 5.96. The summed E-state index contributed by atoms with van der Waals surface area (Å²) in [5.41, 5.74) is 2.56. The van der Waals surface area contributed by atoms with E-state index in [-0.39, 0.29) is 17.7 Å². The molecular weight excluding hydrogens is 340 g/mol. The standard InChI is InChI=1S/C22H26N2O3/c1-15(22(26)23-19-8-6-18(7-9-19)16(2)25)24(20-10-11-20)14-17-4-12-21(27-3)13-5-17/h4-9,12-13,15,20H,10-11,14H2,1-3H3,(H,23,26)/p+1/t15-/m1/s1. The number of ether oxygens (including phenoxy) is 1. The second-order valence-electron chi connectivity index (χ2n) is 7.22. The molecule has 3 rings (SSSR count). The van der Waals surface area contributed by atoms with E-state index >= 15 is 0 Å². The number of carbonyl (C=O) groups is 2. The predicted octanol–water partition coefficient (Wildman–Crippen LogP) is 2.47. The number of Topliss-reactive ketones (excluding diaryl/α,β-unsaturated/α-hetero) is 1. The molecule has 2 atom stereocenters. The highest BCUT2D eigenvalue weighted by Crippen LogP contribution is 2.18. The van der Waals surface area contributed by atoms with E-state index in [1.807, 2.05) is 19.1 Å². The van der Waals surface area contributed by atoms with Gasteiger partial charge in [-0.2, -0.15) is 0 Å². The SMILES string of the molecule is COc1ccc(C[NH+](C2CC2)[C@H](C)C(=O)Nc2ccc(C(C)=O)cc2)cc1. The minimum absolute atomic E-state index is 0.000914. The molecule has 2 aromatic rings. The summed E-state index contributed by atoms with van der Waals surface area (Å²) in [4.78, 5) is 25.4. The summed E-state index contributed by atoms with van der Waals surface area (Å²) >= 11 is 0. The molecule has 1 saturated carbocycles. The fraction of sp³-hybridized carbons (Fsp3) is 0.364. The third-order valence-corrected chi connectivity index (χ3v) is 5.18. The molecule has 5 nitrogen and oxygen atoms in total. The summed E-state index contributed by atoms with van der Waals surface area (Å²) in [5, 5.41) is 2.98. The molecule has 0 aromatic heterocycles. The Morgan fingerprint density at radius 2 is 1.74 bits per heavy atom. The van der Waals surface area contributed by atoms with Crippen molar-refractivity contribution in [3.63, 3.8) is 0 Å². The van der Waals surface area contributed by atoms with Crippen molar-refractivity contribution < 1.29 is 19.2 Å². The predicted molar refractivity (Wildman–Crippen MR) is 105 cm³/mol. The van der Waals surface area contributed by atoms with Gasteiger partial charge in [0.25, 0.3) is 5.91 Å². The third kappa shape index (κ3) is 4.95. The molecule has 0 saturated heterocycles. The fourth-order valence-electron chi connectivity index (χ4n) is 3.29. The van der Waals surface area contributed by atoms with Crippen LogP contribution < -0.4 is 15.0 Å². The second kappa shape index (κ2) is 8.35. The van der Waals surface area contributed by atoms with Gasteiger partial charge in [0.15, 0.2) is 11.8 Å². The lowest BCUT2D eigenvalue weighted by Gasteiger charge is -2.25. The van der Waals surface area contributed by atoms with Crippen molar-refractivity contribution in [3.05, 3.63) is 59.7 Å². The number of ketones is 1. The molecule has 1 aliphatic carbocycles. The van der Waals surface area contributed by atoms with Crippen molar-refractivity contribution in [2.75, 3.05) is 12.4 Å². The Balaban J connectivity index is 1.65. The van der Waals surface area contributed by atoms with Crippen molar-refractivity contribution in [2.24, 2.45) is 0 Å². The van der Waals surface area contributed by atoms with Crippen LogP contribution in [0.4, 0.5) is 5.69 Å². The Labute approximate surface area is 160 Å². The van der Waals surface area contributed by atoms with E-state index < -0.39 is 0 Å². The number of quaternary nitrogens is 1. The first-order valence-corrected chi connectivity index (χ1v) is 9.38. The van der Waals surface area contributed by atoms with Crippen molar-refractivity contribution in [1.29, 1.82) is 0 Å². The highest BCUT2D eigenvalue weighted by Gasteiger charge is 2.39. The first-order chi connectivity index (χ1) is 13.0. The van der Waals surface area contributed by atoms with Gasteiger partial charge < -0.3 is 15.0 Å². The van der Waals surface area contributed by atoms with Gasteiger partial charge in [-0.15, -0.1) is 0 Å². The van der Waals surface area contributed by atoms with Crippen LogP contribution in [0.25, 0.3) is 0 Å². The van der Waals surface area contributed by atoms with E-state index in [0.29, 0.717) is 11.6 Å². The number of rotatable bonds is 8. The summed E-state index contributed by atoms with van der Waals surface area (Å²) in [5.74, 6) is 0.859. The van der Waals surface area contributed by atoms with E-state index in [1.165, 1.54) is 17.4 Å². The normalized spacial score (nSPS) is 15.7. The molecule has 2 aromatic carbocycles. The summed E-state index contributed by atoms with van der Waals surface area (Å²) in [6.45, 7) is 4.33. The summed E-state index contributed by atoms with van der Waals surface area (Å²) in [6.07, 6.45) is 2.33. The number of carbonyl (C=O) groups excluding carboxylic acids is 2. The zero-order valence-corrected chi connectivity index (χ0v) is 16.1. The van der Waals surface area contributed by atoms with E-state index in [4.69, 9.17) is 4.74 Å². The number of hydrogen-bond acceptors (Lipinski definition) is 3. The summed E-state index contributed by atoms with van der Waals surface area (Å²) in [7, 11) is 1.66. The molecule has 0 spiro atoms. The smallest absolute Gasteiger partial charge is 0.282 e. The van der Waals surface area contributed by atoms with Crippen LogP contribution in [0, 0.1) is 0 Å². The van der Waals surface area contributed by atoms with Crippen LogP contribution in [0.1, 0.15) is 42.6 Å². The third-order valence-electron chi connectivity index (χ3n) is 5.18. The molecular formula is C22H27N2O3+. The molecule has 1 fully saturated rings. The molecule has 0 aliphatic heterocycles. The molecule has 27 heavy (non-hydrogen) atoms. The van der Waals surface area contributed by atoms with E-state index in [2.05, 4.69) is 17.4 Å². The topological polar surface area (TPSA) is 59.8 Å². The maximum atomic E-state index is 12.8. The van der Waals surface area contributed by atoms with Gasteiger partial charge in [0.2, 0.25) is 0 Å². The quantitative estimate of drug-likeness (QED) is 0.705. The van der Waals surface area contributed by atoms with Gasteiger partial charge in [0, 0.05) is 29.7 Å². The minimum atomic E-state index is -0.160.